The van der Waals surface area contributed by atoms with E-state index in [1.165, 1.54) is 35.9 Å². The van der Waals surface area contributed by atoms with Crippen molar-refractivity contribution in [2.45, 2.75) is 39.5 Å². The molecule has 0 spiro atoms. The quantitative estimate of drug-likeness (QED) is 0.268. The average molecular weight is 563 g/mol. The Bertz CT molecular complexity index is 1270. The van der Waals surface area contributed by atoms with Gasteiger partial charge in [0, 0.05) is 49.3 Å². The van der Waals surface area contributed by atoms with Gasteiger partial charge in [-0.1, -0.05) is 40.0 Å². The van der Waals surface area contributed by atoms with Gasteiger partial charge in [-0.2, -0.15) is 4.98 Å². The van der Waals surface area contributed by atoms with Crippen LogP contribution >= 0.6 is 7.92 Å². The molecule has 0 atom stereocenters. The minimum Gasteiger partial charge on any atom is -0.494 e. The Labute approximate surface area is 242 Å². The zero-order chi connectivity index (χ0) is 28.9. The van der Waals surface area contributed by atoms with Crippen molar-refractivity contribution in [2.75, 3.05) is 76.3 Å². The van der Waals surface area contributed by atoms with Crippen LogP contribution in [0, 0.1) is 5.41 Å². The van der Waals surface area contributed by atoms with Crippen molar-refractivity contribution in [2.24, 2.45) is 5.41 Å². The molecule has 0 unspecified atom stereocenters. The van der Waals surface area contributed by atoms with Crippen molar-refractivity contribution >= 4 is 42.1 Å². The third-order valence-corrected chi connectivity index (χ3v) is 9.54. The van der Waals surface area contributed by atoms with Crippen LogP contribution in [0.1, 0.15) is 38.7 Å². The van der Waals surface area contributed by atoms with Gasteiger partial charge in [0.05, 0.1) is 12.8 Å². The molecule has 1 aliphatic heterocycles. The largest absolute Gasteiger partial charge is 0.494 e. The van der Waals surface area contributed by atoms with Gasteiger partial charge in [-0.15, -0.1) is 0 Å². The lowest BCUT2D eigenvalue weighted by atomic mass is 9.77. The van der Waals surface area contributed by atoms with Crippen LogP contribution in [0.3, 0.4) is 0 Å². The summed E-state index contributed by atoms with van der Waals surface area (Å²) in [7, 11) is 7.90. The Balaban J connectivity index is 1.53. The highest BCUT2D eigenvalue weighted by atomic mass is 31.1. The van der Waals surface area contributed by atoms with E-state index in [9.17, 15) is 0 Å². The number of aryl methyl sites for hydroxylation is 1. The number of para-hydroxylation sites is 1. The smallest absolute Gasteiger partial charge is 0.229 e. The normalized spacial score (nSPS) is 15.0. The summed E-state index contributed by atoms with van der Waals surface area (Å²) in [4.78, 5) is 16.6. The number of nitrogens with zero attached hydrogens (tertiary/aromatic N) is 5. The summed E-state index contributed by atoms with van der Waals surface area (Å²) in [6.07, 6.45) is 6.46. The fourth-order valence-corrected chi connectivity index (χ4v) is 6.45. The number of hydrogen-bond donors (Lipinski definition) is 1. The highest BCUT2D eigenvalue weighted by Gasteiger charge is 2.30. The Morgan fingerprint density at radius 3 is 2.45 bits per heavy atom. The predicted molar refractivity (Wildman–Crippen MR) is 173 cm³/mol. The fourth-order valence-electron chi connectivity index (χ4n) is 5.39. The maximum absolute atomic E-state index is 5.83. The molecule has 1 N–H and O–H groups in total. The first-order chi connectivity index (χ1) is 19.1. The average Bonchev–Trinajstić information content (AvgIpc) is 2.96. The molecule has 2 aromatic carbocycles. The summed E-state index contributed by atoms with van der Waals surface area (Å²) < 4.78 is 5.83. The first kappa shape index (κ1) is 30.1. The Hall–Kier alpha value is -2.89. The minimum absolute atomic E-state index is 0.250. The second-order valence-corrected chi connectivity index (χ2v) is 14.0. The van der Waals surface area contributed by atoms with E-state index < -0.39 is 0 Å². The van der Waals surface area contributed by atoms with Gasteiger partial charge in [0.2, 0.25) is 5.95 Å². The number of aromatic nitrogens is 2. The van der Waals surface area contributed by atoms with Crippen LogP contribution in [-0.2, 0) is 6.42 Å². The van der Waals surface area contributed by atoms with Crippen molar-refractivity contribution in [1.29, 1.82) is 0 Å². The number of hydrogen-bond acceptors (Lipinski definition) is 7. The second kappa shape index (κ2) is 13.2. The number of methoxy groups -OCH3 is 1. The summed E-state index contributed by atoms with van der Waals surface area (Å²) in [5.41, 5.74) is 4.79. The van der Waals surface area contributed by atoms with Gasteiger partial charge >= 0.3 is 0 Å². The molecule has 1 fully saturated rings. The molecule has 0 amide bonds. The fraction of sp³-hybridized carbons (Fsp3) is 0.500. The van der Waals surface area contributed by atoms with Crippen LogP contribution in [0.4, 0.5) is 28.8 Å². The first-order valence-corrected chi connectivity index (χ1v) is 16.6. The van der Waals surface area contributed by atoms with Gasteiger partial charge in [-0.05, 0) is 88.6 Å². The summed E-state index contributed by atoms with van der Waals surface area (Å²) in [6, 6.07) is 15.0. The molecule has 8 heteroatoms. The number of rotatable bonds is 11. The van der Waals surface area contributed by atoms with Gasteiger partial charge in [-0.3, -0.25) is 0 Å². The highest BCUT2D eigenvalue weighted by Crippen LogP contribution is 2.39. The SMILES string of the molecule is CCc1cnc(Nc2ccc(N3CCC(C)(CCN(C)C)CC3)cc2OC)nc1N(C)c1ccccc1P(C)C. The van der Waals surface area contributed by atoms with E-state index in [1.54, 1.807) is 7.11 Å². The lowest BCUT2D eigenvalue weighted by Gasteiger charge is -2.41. The Morgan fingerprint density at radius 2 is 1.80 bits per heavy atom. The standard InChI is InChI=1S/C32H47N6OP/c1-9-24-23-33-31(35-30(24)37(5)27-12-10-11-13-29(27)40(7)8)34-26-15-14-25(22-28(26)39-6)38-20-17-32(2,18-21-38)16-19-36(3)4/h10-15,22-23H,9,16-21H2,1-8H3,(H,33,34,35). The van der Waals surface area contributed by atoms with Gasteiger partial charge in [-0.25, -0.2) is 4.98 Å². The monoisotopic (exact) mass is 562 g/mol. The van der Waals surface area contributed by atoms with Gasteiger partial charge < -0.3 is 24.8 Å². The van der Waals surface area contributed by atoms with E-state index in [0.29, 0.717) is 11.4 Å². The number of ether oxygens (including phenoxy) is 1. The summed E-state index contributed by atoms with van der Waals surface area (Å²) in [5, 5.41) is 4.80. The molecular weight excluding hydrogens is 515 g/mol. The predicted octanol–water partition coefficient (Wildman–Crippen LogP) is 6.48. The number of piperidine rings is 1. The van der Waals surface area contributed by atoms with E-state index in [-0.39, 0.29) is 7.92 Å². The molecule has 0 bridgehead atoms. The molecule has 40 heavy (non-hydrogen) atoms. The second-order valence-electron chi connectivity index (χ2n) is 11.7. The topological polar surface area (TPSA) is 56.8 Å². The first-order valence-electron chi connectivity index (χ1n) is 14.3. The van der Waals surface area contributed by atoms with Gasteiger partial charge in [0.15, 0.2) is 0 Å². The third kappa shape index (κ3) is 7.05. The number of benzene rings is 2. The maximum Gasteiger partial charge on any atom is 0.229 e. The molecule has 0 radical (unpaired) electrons. The van der Waals surface area contributed by atoms with Gasteiger partial charge in [0.1, 0.15) is 11.6 Å². The van der Waals surface area contributed by atoms with Crippen LogP contribution in [0.15, 0.2) is 48.7 Å². The number of anilines is 5. The molecule has 7 nitrogen and oxygen atoms in total. The van der Waals surface area contributed by atoms with Crippen LogP contribution in [-0.4, -0.2) is 76.1 Å². The lowest BCUT2D eigenvalue weighted by Crippen LogP contribution is -2.40. The zero-order valence-corrected chi connectivity index (χ0v) is 26.6. The summed E-state index contributed by atoms with van der Waals surface area (Å²) in [5.74, 6) is 2.28. The zero-order valence-electron chi connectivity index (χ0n) is 25.7. The molecule has 0 saturated carbocycles. The van der Waals surface area contributed by atoms with E-state index in [0.717, 1.165) is 48.9 Å². The third-order valence-electron chi connectivity index (χ3n) is 8.20. The number of nitrogens with one attached hydrogen (secondary N) is 1. The molecular formula is C32H47N6OP. The highest BCUT2D eigenvalue weighted by molar-refractivity contribution is 7.64. The van der Waals surface area contributed by atoms with E-state index in [2.05, 4.69) is 116 Å². The van der Waals surface area contributed by atoms with Crippen molar-refractivity contribution in [1.82, 2.24) is 14.9 Å². The molecule has 1 saturated heterocycles. The molecule has 4 rings (SSSR count). The van der Waals surface area contributed by atoms with E-state index in [1.807, 2.05) is 6.20 Å². The Kier molecular flexibility index (Phi) is 9.91. The summed E-state index contributed by atoms with van der Waals surface area (Å²) in [6.45, 7) is 12.5. The van der Waals surface area contributed by atoms with Crippen LogP contribution in [0.25, 0.3) is 0 Å². The Morgan fingerprint density at radius 1 is 1.07 bits per heavy atom. The van der Waals surface area contributed by atoms with E-state index in [4.69, 9.17) is 9.72 Å². The van der Waals surface area contributed by atoms with Crippen molar-refractivity contribution in [3.63, 3.8) is 0 Å². The van der Waals surface area contributed by atoms with Crippen molar-refractivity contribution < 1.29 is 4.74 Å². The lowest BCUT2D eigenvalue weighted by molar-refractivity contribution is 0.201. The molecule has 1 aromatic heterocycles. The van der Waals surface area contributed by atoms with Crippen molar-refractivity contribution in [3.8, 4) is 5.75 Å². The molecule has 0 aliphatic carbocycles. The maximum atomic E-state index is 5.83. The van der Waals surface area contributed by atoms with Crippen LogP contribution in [0.2, 0.25) is 0 Å². The van der Waals surface area contributed by atoms with Gasteiger partial charge in [0.25, 0.3) is 0 Å². The van der Waals surface area contributed by atoms with Crippen molar-refractivity contribution in [3.05, 3.63) is 54.2 Å². The molecule has 3 aromatic rings. The van der Waals surface area contributed by atoms with Crippen LogP contribution in [0.5, 0.6) is 5.75 Å². The molecule has 2 heterocycles. The molecule has 1 aliphatic rings. The summed E-state index contributed by atoms with van der Waals surface area (Å²) >= 11 is 0. The minimum atomic E-state index is -0.250. The van der Waals surface area contributed by atoms with E-state index >= 15 is 0 Å². The molecule has 216 valence electrons. The van der Waals surface area contributed by atoms with Crippen LogP contribution < -0.4 is 25.2 Å².